The lowest BCUT2D eigenvalue weighted by molar-refractivity contribution is 0.0792. The van der Waals surface area contributed by atoms with Crippen molar-refractivity contribution < 1.29 is 17.9 Å². The first-order valence-electron chi connectivity index (χ1n) is 8.07. The third-order valence-corrected chi connectivity index (χ3v) is 5.77. The minimum absolute atomic E-state index is 0.0289. The summed E-state index contributed by atoms with van der Waals surface area (Å²) in [5.74, 6) is -0.0289. The first-order valence-corrected chi connectivity index (χ1v) is 9.55. The van der Waals surface area contributed by atoms with E-state index >= 15 is 0 Å². The lowest BCUT2D eigenvalue weighted by Gasteiger charge is -2.15. The second kappa shape index (κ2) is 6.98. The molecule has 2 heterocycles. The van der Waals surface area contributed by atoms with E-state index in [1.807, 2.05) is 0 Å². The van der Waals surface area contributed by atoms with E-state index in [9.17, 15) is 13.2 Å². The fourth-order valence-electron chi connectivity index (χ4n) is 2.97. The number of carbonyl (C=O) groups excluding carboxylic acids is 1. The number of ether oxygens (including phenoxy) is 1. The average molecular weight is 338 g/mol. The predicted octanol–water partition coefficient (Wildman–Crippen LogP) is 1.38. The molecule has 0 spiro atoms. The maximum absolute atomic E-state index is 12.3. The van der Waals surface area contributed by atoms with Gasteiger partial charge in [0.05, 0.1) is 11.0 Å². The maximum atomic E-state index is 12.3. The lowest BCUT2D eigenvalue weighted by atomic mass is 10.2. The van der Waals surface area contributed by atoms with Gasteiger partial charge in [-0.15, -0.1) is 0 Å². The van der Waals surface area contributed by atoms with Crippen molar-refractivity contribution in [3.63, 3.8) is 0 Å². The Morgan fingerprint density at radius 3 is 2.48 bits per heavy atom. The van der Waals surface area contributed by atoms with Crippen LogP contribution in [-0.2, 0) is 14.8 Å². The number of amides is 1. The average Bonchev–Trinajstić information content (AvgIpc) is 3.26. The molecule has 2 saturated heterocycles. The van der Waals surface area contributed by atoms with Crippen molar-refractivity contribution in [2.75, 3.05) is 26.2 Å². The van der Waals surface area contributed by atoms with E-state index in [4.69, 9.17) is 4.74 Å². The van der Waals surface area contributed by atoms with Crippen molar-refractivity contribution in [2.24, 2.45) is 0 Å². The van der Waals surface area contributed by atoms with Gasteiger partial charge in [-0.05, 0) is 49.9 Å². The van der Waals surface area contributed by atoms with Crippen LogP contribution >= 0.6 is 0 Å². The second-order valence-electron chi connectivity index (χ2n) is 6.01. The fraction of sp³-hybridized carbons (Fsp3) is 0.562. The van der Waals surface area contributed by atoms with Gasteiger partial charge in [0.2, 0.25) is 10.0 Å². The fourth-order valence-corrected chi connectivity index (χ4v) is 4.04. The van der Waals surface area contributed by atoms with Gasteiger partial charge < -0.3 is 9.64 Å². The molecule has 3 rings (SSSR count). The third-order valence-electron chi connectivity index (χ3n) is 4.33. The number of hydrogen-bond donors (Lipinski definition) is 1. The Morgan fingerprint density at radius 2 is 1.87 bits per heavy atom. The molecule has 6 nitrogen and oxygen atoms in total. The Hall–Kier alpha value is -1.44. The van der Waals surface area contributed by atoms with Crippen LogP contribution in [0.4, 0.5) is 0 Å². The molecule has 1 aromatic carbocycles. The highest BCUT2D eigenvalue weighted by Gasteiger charge is 2.22. The van der Waals surface area contributed by atoms with Gasteiger partial charge in [0.25, 0.3) is 5.91 Å². The summed E-state index contributed by atoms with van der Waals surface area (Å²) < 4.78 is 32.5. The van der Waals surface area contributed by atoms with Crippen molar-refractivity contribution in [1.82, 2.24) is 9.62 Å². The van der Waals surface area contributed by atoms with Crippen molar-refractivity contribution >= 4 is 15.9 Å². The van der Waals surface area contributed by atoms with Crippen LogP contribution in [0.15, 0.2) is 29.2 Å². The number of benzene rings is 1. The molecular formula is C16H22N2O4S. The van der Waals surface area contributed by atoms with Crippen LogP contribution in [0, 0.1) is 0 Å². The van der Waals surface area contributed by atoms with Crippen LogP contribution in [-0.4, -0.2) is 51.6 Å². The molecule has 2 aliphatic heterocycles. The van der Waals surface area contributed by atoms with Gasteiger partial charge in [0, 0.05) is 31.8 Å². The van der Waals surface area contributed by atoms with Crippen LogP contribution < -0.4 is 4.72 Å². The molecule has 1 atom stereocenters. The molecule has 7 heteroatoms. The summed E-state index contributed by atoms with van der Waals surface area (Å²) in [6.07, 6.45) is 3.88. The Bertz CT molecular complexity index is 645. The van der Waals surface area contributed by atoms with E-state index in [1.54, 1.807) is 17.0 Å². The zero-order chi connectivity index (χ0) is 16.3. The van der Waals surface area contributed by atoms with Gasteiger partial charge in [0.1, 0.15) is 0 Å². The van der Waals surface area contributed by atoms with Crippen LogP contribution in [0.5, 0.6) is 0 Å². The molecule has 0 radical (unpaired) electrons. The topological polar surface area (TPSA) is 75.7 Å². The SMILES string of the molecule is O=C(c1ccc(S(=O)(=O)NC[C@H]2CCCO2)cc1)N1CCCC1. The van der Waals surface area contributed by atoms with Gasteiger partial charge in [-0.1, -0.05) is 0 Å². The van der Waals surface area contributed by atoms with Gasteiger partial charge in [-0.2, -0.15) is 0 Å². The van der Waals surface area contributed by atoms with E-state index in [-0.39, 0.29) is 23.5 Å². The van der Waals surface area contributed by atoms with E-state index in [0.29, 0.717) is 12.2 Å². The quantitative estimate of drug-likeness (QED) is 0.880. The Morgan fingerprint density at radius 1 is 1.17 bits per heavy atom. The van der Waals surface area contributed by atoms with E-state index < -0.39 is 10.0 Å². The van der Waals surface area contributed by atoms with Crippen LogP contribution in [0.3, 0.4) is 0 Å². The van der Waals surface area contributed by atoms with Gasteiger partial charge in [-0.25, -0.2) is 13.1 Å². The van der Waals surface area contributed by atoms with Crippen molar-refractivity contribution in [3.8, 4) is 0 Å². The zero-order valence-corrected chi connectivity index (χ0v) is 13.8. The maximum Gasteiger partial charge on any atom is 0.253 e. The number of hydrogen-bond acceptors (Lipinski definition) is 4. The number of nitrogens with one attached hydrogen (secondary N) is 1. The highest BCUT2D eigenvalue weighted by atomic mass is 32.2. The zero-order valence-electron chi connectivity index (χ0n) is 13.0. The van der Waals surface area contributed by atoms with E-state index in [0.717, 1.165) is 38.8 Å². The van der Waals surface area contributed by atoms with Gasteiger partial charge in [0.15, 0.2) is 0 Å². The molecule has 2 aliphatic rings. The first kappa shape index (κ1) is 16.4. The van der Waals surface area contributed by atoms with Crippen molar-refractivity contribution in [3.05, 3.63) is 29.8 Å². The summed E-state index contributed by atoms with van der Waals surface area (Å²) in [7, 11) is -3.56. The predicted molar refractivity (Wildman–Crippen MR) is 85.7 cm³/mol. The number of rotatable bonds is 5. The molecule has 1 amide bonds. The van der Waals surface area contributed by atoms with Crippen LogP contribution in [0.2, 0.25) is 0 Å². The number of likely N-dealkylation sites (tertiary alicyclic amines) is 1. The second-order valence-corrected chi connectivity index (χ2v) is 7.78. The van der Waals surface area contributed by atoms with E-state index in [1.165, 1.54) is 12.1 Å². The highest BCUT2D eigenvalue weighted by Crippen LogP contribution is 2.16. The standard InChI is InChI=1S/C16H22N2O4S/c19-16(18-9-1-2-10-18)13-5-7-15(8-6-13)23(20,21)17-12-14-4-3-11-22-14/h5-8,14,17H,1-4,9-12H2/t14-/m1/s1. The van der Waals surface area contributed by atoms with Gasteiger partial charge >= 0.3 is 0 Å². The molecule has 2 fully saturated rings. The largest absolute Gasteiger partial charge is 0.377 e. The Kier molecular flexibility index (Phi) is 4.99. The Labute approximate surface area is 136 Å². The minimum Gasteiger partial charge on any atom is -0.377 e. The molecule has 1 aromatic rings. The van der Waals surface area contributed by atoms with E-state index in [2.05, 4.69) is 4.72 Å². The molecule has 126 valence electrons. The first-order chi connectivity index (χ1) is 11.1. The molecule has 23 heavy (non-hydrogen) atoms. The monoisotopic (exact) mass is 338 g/mol. The molecule has 0 saturated carbocycles. The van der Waals surface area contributed by atoms with Crippen LogP contribution in [0.1, 0.15) is 36.0 Å². The lowest BCUT2D eigenvalue weighted by Crippen LogP contribution is -2.32. The smallest absolute Gasteiger partial charge is 0.253 e. The summed E-state index contributed by atoms with van der Waals surface area (Å²) >= 11 is 0. The van der Waals surface area contributed by atoms with Crippen molar-refractivity contribution in [2.45, 2.75) is 36.7 Å². The molecule has 0 aliphatic carbocycles. The molecule has 0 bridgehead atoms. The summed E-state index contributed by atoms with van der Waals surface area (Å²) in [6, 6.07) is 6.14. The summed E-state index contributed by atoms with van der Waals surface area (Å²) in [6.45, 7) is 2.54. The Balaban J connectivity index is 1.64. The van der Waals surface area contributed by atoms with Gasteiger partial charge in [-0.3, -0.25) is 4.79 Å². The molecule has 1 N–H and O–H groups in total. The van der Waals surface area contributed by atoms with Crippen molar-refractivity contribution in [1.29, 1.82) is 0 Å². The molecular weight excluding hydrogens is 316 g/mol. The third kappa shape index (κ3) is 3.91. The highest BCUT2D eigenvalue weighted by molar-refractivity contribution is 7.89. The normalized spacial score (nSPS) is 21.7. The number of sulfonamides is 1. The number of nitrogens with zero attached hydrogens (tertiary/aromatic N) is 1. The summed E-state index contributed by atoms with van der Waals surface area (Å²) in [5, 5.41) is 0. The number of carbonyl (C=O) groups is 1. The molecule has 0 aromatic heterocycles. The minimum atomic E-state index is -3.56. The summed E-state index contributed by atoms with van der Waals surface area (Å²) in [5.41, 5.74) is 0.532. The molecule has 0 unspecified atom stereocenters. The summed E-state index contributed by atoms with van der Waals surface area (Å²) in [4.78, 5) is 14.2. The van der Waals surface area contributed by atoms with Crippen LogP contribution in [0.25, 0.3) is 0 Å².